The van der Waals surface area contributed by atoms with Crippen molar-refractivity contribution in [2.24, 2.45) is 0 Å². The Bertz CT molecular complexity index is 608. The number of amides is 2. The van der Waals surface area contributed by atoms with Gasteiger partial charge in [0, 0.05) is 45.3 Å². The number of halogens is 1. The minimum Gasteiger partial charge on any atom is -0.378 e. The molecule has 1 unspecified atom stereocenters. The average molecular weight is 349 g/mol. The molecular weight excluding hydrogens is 325 g/mol. The quantitative estimate of drug-likeness (QED) is 0.744. The van der Waals surface area contributed by atoms with Crippen LogP contribution in [0.2, 0.25) is 0 Å². The van der Waals surface area contributed by atoms with E-state index >= 15 is 0 Å². The Kier molecular flexibility index (Phi) is 5.65. The van der Waals surface area contributed by atoms with Crippen LogP contribution in [0.3, 0.4) is 0 Å². The first-order valence-corrected chi connectivity index (χ1v) is 8.71. The Morgan fingerprint density at radius 1 is 0.920 bits per heavy atom. The fourth-order valence-electron chi connectivity index (χ4n) is 3.30. The highest BCUT2D eigenvalue weighted by Gasteiger charge is 2.31. The number of nitrogens with zero attached hydrogens (tertiary/aromatic N) is 3. The van der Waals surface area contributed by atoms with Gasteiger partial charge in [-0.05, 0) is 24.6 Å². The summed E-state index contributed by atoms with van der Waals surface area (Å²) in [6.07, 6.45) is 0. The SMILES string of the molecule is CC(c1ccc(F)cc1)N1CCN(C(=O)C(=O)N2CCOCC2)CC1. The Morgan fingerprint density at radius 2 is 1.44 bits per heavy atom. The highest BCUT2D eigenvalue weighted by Crippen LogP contribution is 2.22. The zero-order valence-electron chi connectivity index (χ0n) is 14.5. The van der Waals surface area contributed by atoms with Crippen LogP contribution in [0.4, 0.5) is 4.39 Å². The molecule has 3 rings (SSSR count). The summed E-state index contributed by atoms with van der Waals surface area (Å²) < 4.78 is 18.3. The molecule has 7 heteroatoms. The number of carbonyl (C=O) groups excluding carboxylic acids is 2. The number of rotatable bonds is 2. The van der Waals surface area contributed by atoms with E-state index in [1.807, 2.05) is 0 Å². The van der Waals surface area contributed by atoms with Gasteiger partial charge < -0.3 is 14.5 Å². The molecule has 1 aromatic rings. The van der Waals surface area contributed by atoms with Gasteiger partial charge in [-0.2, -0.15) is 0 Å². The van der Waals surface area contributed by atoms with Gasteiger partial charge in [-0.3, -0.25) is 14.5 Å². The third-order valence-corrected chi connectivity index (χ3v) is 4.98. The van der Waals surface area contributed by atoms with Crippen molar-refractivity contribution in [3.63, 3.8) is 0 Å². The highest BCUT2D eigenvalue weighted by molar-refractivity contribution is 6.34. The summed E-state index contributed by atoms with van der Waals surface area (Å²) in [6.45, 7) is 6.45. The number of benzene rings is 1. The van der Waals surface area contributed by atoms with E-state index in [0.717, 1.165) is 5.56 Å². The summed E-state index contributed by atoms with van der Waals surface area (Å²) in [6, 6.07) is 6.66. The molecule has 2 heterocycles. The van der Waals surface area contributed by atoms with E-state index in [4.69, 9.17) is 4.74 Å². The van der Waals surface area contributed by atoms with Crippen LogP contribution in [0.1, 0.15) is 18.5 Å². The predicted octanol–water partition coefficient (Wildman–Crippen LogP) is 0.890. The third kappa shape index (κ3) is 4.16. The summed E-state index contributed by atoms with van der Waals surface area (Å²) in [5, 5.41) is 0. The Morgan fingerprint density at radius 3 is 2.00 bits per heavy atom. The second-order valence-corrected chi connectivity index (χ2v) is 6.46. The highest BCUT2D eigenvalue weighted by atomic mass is 19.1. The molecule has 2 amide bonds. The molecule has 1 atom stereocenters. The smallest absolute Gasteiger partial charge is 0.312 e. The number of hydrogen-bond donors (Lipinski definition) is 0. The van der Waals surface area contributed by atoms with Gasteiger partial charge in [-0.15, -0.1) is 0 Å². The predicted molar refractivity (Wildman–Crippen MR) is 90.4 cm³/mol. The van der Waals surface area contributed by atoms with Crippen molar-refractivity contribution in [1.82, 2.24) is 14.7 Å². The second-order valence-electron chi connectivity index (χ2n) is 6.46. The Labute approximate surface area is 147 Å². The van der Waals surface area contributed by atoms with Crippen LogP contribution in [0, 0.1) is 5.82 Å². The minimum atomic E-state index is -0.427. The molecular formula is C18H24FN3O3. The van der Waals surface area contributed by atoms with Crippen LogP contribution in [-0.2, 0) is 14.3 Å². The van der Waals surface area contributed by atoms with Crippen molar-refractivity contribution in [3.8, 4) is 0 Å². The van der Waals surface area contributed by atoms with Crippen molar-refractivity contribution >= 4 is 11.8 Å². The summed E-state index contributed by atoms with van der Waals surface area (Å²) in [7, 11) is 0. The number of piperazine rings is 1. The topological polar surface area (TPSA) is 53.1 Å². The standard InChI is InChI=1S/C18H24FN3O3/c1-14(15-2-4-16(19)5-3-15)20-6-8-21(9-7-20)17(23)18(24)22-10-12-25-13-11-22/h2-5,14H,6-13H2,1H3. The zero-order valence-corrected chi connectivity index (χ0v) is 14.5. The summed E-state index contributed by atoms with van der Waals surface area (Å²) in [5.41, 5.74) is 1.05. The molecule has 2 fully saturated rings. The molecule has 2 aliphatic rings. The van der Waals surface area contributed by atoms with Gasteiger partial charge in [0.2, 0.25) is 0 Å². The maximum atomic E-state index is 13.1. The van der Waals surface area contributed by atoms with Gasteiger partial charge in [0.1, 0.15) is 5.82 Å². The number of ether oxygens (including phenoxy) is 1. The van der Waals surface area contributed by atoms with Crippen LogP contribution in [-0.4, -0.2) is 79.0 Å². The van der Waals surface area contributed by atoms with Crippen LogP contribution in [0.5, 0.6) is 0 Å². The van der Waals surface area contributed by atoms with Crippen molar-refractivity contribution in [3.05, 3.63) is 35.6 Å². The van der Waals surface area contributed by atoms with Crippen molar-refractivity contribution in [1.29, 1.82) is 0 Å². The molecule has 0 spiro atoms. The van der Waals surface area contributed by atoms with Gasteiger partial charge >= 0.3 is 11.8 Å². The largest absolute Gasteiger partial charge is 0.378 e. The fourth-order valence-corrected chi connectivity index (χ4v) is 3.30. The van der Waals surface area contributed by atoms with Gasteiger partial charge in [-0.25, -0.2) is 4.39 Å². The van der Waals surface area contributed by atoms with Gasteiger partial charge in [0.05, 0.1) is 13.2 Å². The fraction of sp³-hybridized carbons (Fsp3) is 0.556. The lowest BCUT2D eigenvalue weighted by atomic mass is 10.1. The monoisotopic (exact) mass is 349 g/mol. The first-order valence-electron chi connectivity index (χ1n) is 8.71. The van der Waals surface area contributed by atoms with Crippen molar-refractivity contribution < 1.29 is 18.7 Å². The van der Waals surface area contributed by atoms with E-state index in [9.17, 15) is 14.0 Å². The van der Waals surface area contributed by atoms with Gasteiger partial charge in [0.15, 0.2) is 0 Å². The van der Waals surface area contributed by atoms with E-state index in [-0.39, 0.29) is 11.9 Å². The Balaban J connectivity index is 1.53. The number of morpholine rings is 1. The van der Waals surface area contributed by atoms with Crippen LogP contribution in [0.15, 0.2) is 24.3 Å². The summed E-state index contributed by atoms with van der Waals surface area (Å²) in [5.74, 6) is -1.09. The Hall–Kier alpha value is -1.99. The van der Waals surface area contributed by atoms with Gasteiger partial charge in [0.25, 0.3) is 0 Å². The molecule has 0 aromatic heterocycles. The zero-order chi connectivity index (χ0) is 17.8. The molecule has 2 saturated heterocycles. The third-order valence-electron chi connectivity index (χ3n) is 4.98. The minimum absolute atomic E-state index is 0.146. The lowest BCUT2D eigenvalue weighted by Crippen LogP contribution is -2.54. The molecule has 2 aliphatic heterocycles. The summed E-state index contributed by atoms with van der Waals surface area (Å²) in [4.78, 5) is 30.2. The molecule has 6 nitrogen and oxygen atoms in total. The van der Waals surface area contributed by atoms with E-state index < -0.39 is 11.8 Å². The molecule has 0 saturated carbocycles. The van der Waals surface area contributed by atoms with E-state index in [2.05, 4.69) is 11.8 Å². The lowest BCUT2D eigenvalue weighted by Gasteiger charge is -2.38. The van der Waals surface area contributed by atoms with Crippen LogP contribution >= 0.6 is 0 Å². The average Bonchev–Trinajstić information content (AvgIpc) is 2.67. The molecule has 25 heavy (non-hydrogen) atoms. The maximum Gasteiger partial charge on any atom is 0.312 e. The van der Waals surface area contributed by atoms with Crippen LogP contribution in [0.25, 0.3) is 0 Å². The molecule has 136 valence electrons. The van der Waals surface area contributed by atoms with Crippen LogP contribution < -0.4 is 0 Å². The lowest BCUT2D eigenvalue weighted by molar-refractivity contribution is -0.155. The number of hydrogen-bond acceptors (Lipinski definition) is 4. The molecule has 1 aromatic carbocycles. The van der Waals surface area contributed by atoms with E-state index in [1.165, 1.54) is 12.1 Å². The van der Waals surface area contributed by atoms with Crippen molar-refractivity contribution in [2.75, 3.05) is 52.5 Å². The second kappa shape index (κ2) is 7.93. The van der Waals surface area contributed by atoms with E-state index in [0.29, 0.717) is 52.5 Å². The molecule has 0 N–H and O–H groups in total. The first-order chi connectivity index (χ1) is 12.1. The molecule has 0 aliphatic carbocycles. The van der Waals surface area contributed by atoms with Crippen molar-refractivity contribution in [2.45, 2.75) is 13.0 Å². The van der Waals surface area contributed by atoms with Gasteiger partial charge in [-0.1, -0.05) is 12.1 Å². The summed E-state index contributed by atoms with van der Waals surface area (Å²) >= 11 is 0. The number of carbonyl (C=O) groups is 2. The molecule has 0 radical (unpaired) electrons. The molecule has 0 bridgehead atoms. The normalized spacial score (nSPS) is 20.4. The first kappa shape index (κ1) is 17.8. The van der Waals surface area contributed by atoms with E-state index in [1.54, 1.807) is 21.9 Å². The maximum absolute atomic E-state index is 13.1.